The fraction of sp³-hybridized carbons (Fsp3) is 0.825. The Morgan fingerprint density at radius 3 is 1.18 bits per heavy atom. The highest BCUT2D eigenvalue weighted by molar-refractivity contribution is 6.39. The number of nitrogens with zero attached hydrogens (tertiary/aromatic N) is 2. The van der Waals surface area contributed by atoms with Gasteiger partial charge in [0.05, 0.1) is 24.2 Å². The van der Waals surface area contributed by atoms with E-state index < -0.39 is 129 Å². The summed E-state index contributed by atoms with van der Waals surface area (Å²) in [5, 5.41) is 28.9. The number of likely N-dealkylation sites (tertiary alicyclic amines) is 2. The maximum Gasteiger partial charge on any atom is 0.407 e. The van der Waals surface area contributed by atoms with Crippen molar-refractivity contribution < 1.29 is 67.0 Å². The van der Waals surface area contributed by atoms with Gasteiger partial charge in [-0.3, -0.25) is 38.4 Å². The van der Waals surface area contributed by atoms with Crippen LogP contribution in [-0.4, -0.2) is 181 Å². The first-order valence-electron chi connectivity index (χ1n) is 40.4. The van der Waals surface area contributed by atoms with Gasteiger partial charge in [-0.05, 0) is 170 Å². The van der Waals surface area contributed by atoms with Crippen molar-refractivity contribution in [1.82, 2.24) is 63.0 Å². The number of nitrogens with one attached hydrogen (secondary N) is 10. The molecule has 9 saturated carbocycles. The average Bonchev–Trinajstić information content (AvgIpc) is 1.53. The maximum atomic E-state index is 14.9. The van der Waals surface area contributed by atoms with Crippen LogP contribution in [0.5, 0.6) is 0 Å². The van der Waals surface area contributed by atoms with Gasteiger partial charge in [-0.15, -0.1) is 6.58 Å². The van der Waals surface area contributed by atoms with Gasteiger partial charge >= 0.3 is 24.2 Å². The van der Waals surface area contributed by atoms with Crippen molar-refractivity contribution in [1.29, 1.82) is 0 Å². The van der Waals surface area contributed by atoms with Gasteiger partial charge in [0.2, 0.25) is 35.2 Å². The number of amides is 12. The Morgan fingerprint density at radius 1 is 0.472 bits per heavy atom. The van der Waals surface area contributed by atoms with E-state index in [-0.39, 0.29) is 72.1 Å². The van der Waals surface area contributed by atoms with Crippen molar-refractivity contribution in [3.05, 3.63) is 12.7 Å². The summed E-state index contributed by atoms with van der Waals surface area (Å²) in [6.07, 6.45) is 21.8. The standard InChI is InChI=1S/2C40H64N6O7/c1-38(2,3)28(22-53-37(52)41-20-24-12-13-24)44-36(51)45-32(40(6)18-8-7-9-19-40)35(50)46-21-26-29(39(26,4)5)30(46)33(48)43-27(17-14-23-10-11-23)31(47)34(49)42-25-15-16-25;1-8-20-41-34(49)31(47)27(17-16-24-12-13-24)43-33(48)30-29-26(39(29,5)6)22-46(30)35(50)32(40(7)18-10-9-11-19-40)45-36(51)44-28(38(2,3)4)23-53-37(52)42-21-25-14-15-25/h23-30,32H,7-22H2,1-6H3,(H,41,52)(H,42,49)(H,43,48)(H2,44,45,51);8,24-30,32H,1,9-23H2,2-7H3,(H,41,49)(H,42,52)(H,43,48)(H2,44,45,51)/t2*26?,27?,28-,29?,30+,32-/m11/s1. The Balaban J connectivity index is 0.000000227. The van der Waals surface area contributed by atoms with Crippen LogP contribution in [0.2, 0.25) is 0 Å². The van der Waals surface area contributed by atoms with E-state index in [0.717, 1.165) is 141 Å². The van der Waals surface area contributed by atoms with Gasteiger partial charge in [-0.1, -0.05) is 153 Å². The smallest absolute Gasteiger partial charge is 0.407 e. The minimum absolute atomic E-state index is 0.0210. The van der Waals surface area contributed by atoms with Crippen molar-refractivity contribution >= 4 is 71.3 Å². The molecule has 2 saturated heterocycles. The van der Waals surface area contributed by atoms with Crippen LogP contribution in [-0.2, 0) is 47.8 Å². The predicted molar refractivity (Wildman–Crippen MR) is 399 cm³/mol. The van der Waals surface area contributed by atoms with Gasteiger partial charge in [0.25, 0.3) is 11.8 Å². The summed E-state index contributed by atoms with van der Waals surface area (Å²) in [6, 6.07) is -7.59. The van der Waals surface area contributed by atoms with E-state index in [9.17, 15) is 57.5 Å². The summed E-state index contributed by atoms with van der Waals surface area (Å²) in [6.45, 7) is 29.7. The van der Waals surface area contributed by atoms with E-state index in [1.807, 2.05) is 55.4 Å². The number of ketones is 2. The largest absolute Gasteiger partial charge is 0.447 e. The van der Waals surface area contributed by atoms with Crippen LogP contribution in [0, 0.1) is 79.8 Å². The molecular formula is C80H128N12O14. The molecule has 2 aliphatic heterocycles. The molecule has 2 heterocycles. The molecule has 26 heteroatoms. The highest BCUT2D eigenvalue weighted by atomic mass is 16.6. The Kier molecular flexibility index (Phi) is 25.7. The molecule has 6 unspecified atom stereocenters. The predicted octanol–water partition coefficient (Wildman–Crippen LogP) is 8.39. The van der Waals surface area contributed by atoms with Gasteiger partial charge in [0, 0.05) is 38.8 Å². The summed E-state index contributed by atoms with van der Waals surface area (Å²) in [5.41, 5.74) is -2.39. The van der Waals surface area contributed by atoms with Crippen LogP contribution in [0.3, 0.4) is 0 Å². The molecule has 0 bridgehead atoms. The van der Waals surface area contributed by atoms with Crippen molar-refractivity contribution in [3.8, 4) is 0 Å². The topological polar surface area (TPSA) is 350 Å². The van der Waals surface area contributed by atoms with Crippen molar-refractivity contribution in [2.45, 2.75) is 292 Å². The van der Waals surface area contributed by atoms with Crippen molar-refractivity contribution in [2.24, 2.45) is 79.8 Å². The van der Waals surface area contributed by atoms with E-state index in [4.69, 9.17) is 9.47 Å². The fourth-order valence-corrected chi connectivity index (χ4v) is 17.2. The third-order valence-corrected chi connectivity index (χ3v) is 26.0. The third-order valence-electron chi connectivity index (χ3n) is 26.0. The second kappa shape index (κ2) is 33.4. The zero-order valence-corrected chi connectivity index (χ0v) is 65.6. The first-order chi connectivity index (χ1) is 49.9. The monoisotopic (exact) mass is 1480 g/mol. The summed E-state index contributed by atoms with van der Waals surface area (Å²) in [5.74, 6) is -2.27. The number of carbonyl (C=O) groups is 12. The first-order valence-corrected chi connectivity index (χ1v) is 40.4. The quantitative estimate of drug-likeness (QED) is 0.0218. The minimum atomic E-state index is -1.01. The SMILES string of the molecule is C=CCNC(=O)C(=O)C(CCC1CC1)NC(=O)[C@@H]1C2C(CN1C(=O)[C@@H](NC(=O)N[C@H](COC(=O)NCC1CC1)C(C)(C)C)C1(C)CCCCC1)C2(C)C.CC1(C)C2CN(C(=O)[C@@H](NC(=O)N[C@H](COC(=O)NCC3CC3)C(C)(C)C)C3(C)CCCCC3)[C@H](C(=O)NC(CCC3CC3)C(=O)C(=O)NC3CC3)C21. The summed E-state index contributed by atoms with van der Waals surface area (Å²) in [4.78, 5) is 166. The number of hydrogen-bond acceptors (Lipinski definition) is 14. The third kappa shape index (κ3) is 21.1. The van der Waals surface area contributed by atoms with E-state index >= 15 is 0 Å². The molecule has 0 aromatic carbocycles. The van der Waals surface area contributed by atoms with Gasteiger partial charge in [-0.2, -0.15) is 0 Å². The van der Waals surface area contributed by atoms with E-state index in [0.29, 0.717) is 62.7 Å². The van der Waals surface area contributed by atoms with E-state index in [2.05, 4.69) is 87.4 Å². The molecule has 0 spiro atoms. The summed E-state index contributed by atoms with van der Waals surface area (Å²) >= 11 is 0. The first kappa shape index (κ1) is 81.5. The maximum absolute atomic E-state index is 14.9. The molecule has 0 radical (unpaired) electrons. The second-order valence-electron chi connectivity index (χ2n) is 37.6. The number of fused-ring (bicyclic) bond motifs is 2. The van der Waals surface area contributed by atoms with E-state index in [1.54, 1.807) is 9.80 Å². The number of alkyl carbamates (subject to hydrolysis) is 2. The molecular weight excluding hydrogens is 1350 g/mol. The summed E-state index contributed by atoms with van der Waals surface area (Å²) < 4.78 is 11.0. The molecule has 11 aliphatic rings. The Morgan fingerprint density at radius 2 is 0.840 bits per heavy atom. The van der Waals surface area contributed by atoms with Crippen molar-refractivity contribution in [2.75, 3.05) is 45.9 Å². The van der Waals surface area contributed by atoms with Crippen LogP contribution in [0.1, 0.15) is 237 Å². The highest BCUT2D eigenvalue weighted by Gasteiger charge is 2.71. The molecule has 9 aliphatic carbocycles. The molecule has 11 fully saturated rings. The summed E-state index contributed by atoms with van der Waals surface area (Å²) in [7, 11) is 0. The number of Topliss-reactive ketones (excluding diaryl/α,β-unsaturated/α-hetero) is 2. The Labute approximate surface area is 628 Å². The molecule has 12 amide bonds. The van der Waals surface area contributed by atoms with Gasteiger partial charge in [-0.25, -0.2) is 19.2 Å². The van der Waals surface area contributed by atoms with Crippen LogP contribution in [0.15, 0.2) is 12.7 Å². The lowest BCUT2D eigenvalue weighted by molar-refractivity contribution is -0.146. The van der Waals surface area contributed by atoms with Crippen LogP contribution in [0.25, 0.3) is 0 Å². The Bertz CT molecular complexity index is 3260. The highest BCUT2D eigenvalue weighted by Crippen LogP contribution is 2.66. The van der Waals surface area contributed by atoms with Gasteiger partial charge in [0.1, 0.15) is 37.4 Å². The lowest BCUT2D eigenvalue weighted by atomic mass is 9.70. The molecule has 106 heavy (non-hydrogen) atoms. The molecule has 26 nitrogen and oxygen atoms in total. The molecule has 0 aromatic rings. The second-order valence-corrected chi connectivity index (χ2v) is 37.6. The van der Waals surface area contributed by atoms with Crippen molar-refractivity contribution in [3.63, 3.8) is 0 Å². The van der Waals surface area contributed by atoms with E-state index in [1.165, 1.54) is 6.08 Å². The molecule has 592 valence electrons. The lowest BCUT2D eigenvalue weighted by Crippen LogP contribution is -2.63. The zero-order valence-electron chi connectivity index (χ0n) is 65.6. The average molecular weight is 1480 g/mol. The molecule has 10 N–H and O–H groups in total. The van der Waals surface area contributed by atoms with Crippen LogP contribution < -0.4 is 53.2 Å². The fourth-order valence-electron chi connectivity index (χ4n) is 17.2. The number of hydrogen-bond donors (Lipinski definition) is 10. The van der Waals surface area contributed by atoms with Crippen LogP contribution in [0.4, 0.5) is 19.2 Å². The minimum Gasteiger partial charge on any atom is -0.447 e. The van der Waals surface area contributed by atoms with Gasteiger partial charge in [0.15, 0.2) is 0 Å². The normalized spacial score (nSPS) is 26.5. The molecule has 12 atom stereocenters. The Hall–Kier alpha value is -7.02. The molecule has 0 aromatic heterocycles. The van der Waals surface area contributed by atoms with Crippen LogP contribution >= 0.6 is 0 Å². The molecule has 11 rings (SSSR count). The van der Waals surface area contributed by atoms with Gasteiger partial charge < -0.3 is 72.4 Å². The number of urea groups is 2. The number of rotatable bonds is 33. The number of carbonyl (C=O) groups excluding carboxylic acids is 12. The number of piperidine rings is 2. The zero-order chi connectivity index (χ0) is 77.0. The number of ether oxygens (including phenoxy) is 2. The lowest BCUT2D eigenvalue weighted by Gasteiger charge is -2.43.